The van der Waals surface area contributed by atoms with Crippen LogP contribution >= 0.6 is 0 Å². The molecular weight excluding hydrogens is 288 g/mol. The third-order valence-electron chi connectivity index (χ3n) is 3.21. The smallest absolute Gasteiger partial charge is 0.168 e. The Kier molecular flexibility index (Phi) is 3.42. The van der Waals surface area contributed by atoms with Crippen molar-refractivity contribution >= 4 is 5.82 Å². The van der Waals surface area contributed by atoms with E-state index in [1.165, 1.54) is 6.07 Å². The highest BCUT2D eigenvalue weighted by Crippen LogP contribution is 2.34. The largest absolute Gasteiger partial charge is 0.504 e. The minimum absolute atomic E-state index is 0.0813. The molecule has 2 aromatic carbocycles. The third-order valence-corrected chi connectivity index (χ3v) is 3.21. The first-order chi connectivity index (χ1) is 10.6. The highest BCUT2D eigenvalue weighted by Gasteiger charge is 2.15. The van der Waals surface area contributed by atoms with Gasteiger partial charge in [0.2, 0.25) is 0 Å². The van der Waals surface area contributed by atoms with Gasteiger partial charge in [0.1, 0.15) is 5.82 Å². The van der Waals surface area contributed by atoms with Gasteiger partial charge in [0.05, 0.1) is 5.69 Å². The molecule has 1 heterocycles. The van der Waals surface area contributed by atoms with Crippen LogP contribution in [0.25, 0.3) is 22.4 Å². The van der Waals surface area contributed by atoms with Crippen LogP contribution in [0.5, 0.6) is 5.75 Å². The van der Waals surface area contributed by atoms with Gasteiger partial charge in [-0.1, -0.05) is 30.3 Å². The number of nitrogens with zero attached hydrogens (tertiary/aromatic N) is 2. The predicted molar refractivity (Wildman–Crippen MR) is 78.9 cm³/mol. The summed E-state index contributed by atoms with van der Waals surface area (Å²) in [4.78, 5) is 0. The molecule has 0 amide bonds. The first kappa shape index (κ1) is 13.9. The lowest BCUT2D eigenvalue weighted by Gasteiger charge is -2.09. The van der Waals surface area contributed by atoms with Gasteiger partial charge in [-0.2, -0.15) is 0 Å². The van der Waals surface area contributed by atoms with Crippen LogP contribution in [0.3, 0.4) is 0 Å². The van der Waals surface area contributed by atoms with Crippen LogP contribution in [-0.2, 0) is 0 Å². The molecule has 0 radical (unpaired) electrons. The maximum atomic E-state index is 13.5. The number of nitrogen functional groups attached to an aromatic ring is 1. The number of anilines is 1. The second-order valence-corrected chi connectivity index (χ2v) is 4.68. The topological polar surface area (TPSA) is 72.0 Å². The third kappa shape index (κ3) is 2.46. The molecular formula is C16H11F2N3O. The van der Waals surface area contributed by atoms with Crippen LogP contribution in [0.1, 0.15) is 0 Å². The Morgan fingerprint density at radius 1 is 0.909 bits per heavy atom. The summed E-state index contributed by atoms with van der Waals surface area (Å²) < 4.78 is 26.8. The molecule has 6 heteroatoms. The number of halogens is 2. The van der Waals surface area contributed by atoms with Crippen LogP contribution in [0.15, 0.2) is 48.5 Å². The molecule has 3 N–H and O–H groups in total. The fourth-order valence-electron chi connectivity index (χ4n) is 2.14. The van der Waals surface area contributed by atoms with Gasteiger partial charge in [-0.15, -0.1) is 10.2 Å². The van der Waals surface area contributed by atoms with Crippen molar-refractivity contribution in [3.8, 4) is 28.1 Å². The average Bonchev–Trinajstić information content (AvgIpc) is 2.52. The molecule has 0 aliphatic carbocycles. The van der Waals surface area contributed by atoms with Crippen molar-refractivity contribution in [3.63, 3.8) is 0 Å². The van der Waals surface area contributed by atoms with Crippen LogP contribution in [0.4, 0.5) is 14.6 Å². The number of hydrogen-bond donors (Lipinski definition) is 2. The number of nitrogens with two attached hydrogens (primary N) is 1. The summed E-state index contributed by atoms with van der Waals surface area (Å²) in [5, 5.41) is 17.4. The van der Waals surface area contributed by atoms with Crippen molar-refractivity contribution in [1.82, 2.24) is 10.2 Å². The molecule has 3 rings (SSSR count). The van der Waals surface area contributed by atoms with E-state index in [1.807, 2.05) is 30.3 Å². The standard InChI is InChI=1S/C16H11F2N3O/c17-10-6-12(15(22)13(18)7-10)14-8-11(16(19)21-20-14)9-4-2-1-3-5-9/h1-8,22H,(H2,19,21). The van der Waals surface area contributed by atoms with Gasteiger partial charge in [-0.25, -0.2) is 8.78 Å². The molecule has 110 valence electrons. The Bertz CT molecular complexity index is 838. The van der Waals surface area contributed by atoms with Crippen LogP contribution in [0, 0.1) is 11.6 Å². The summed E-state index contributed by atoms with van der Waals surface area (Å²) in [7, 11) is 0. The van der Waals surface area contributed by atoms with E-state index in [-0.39, 0.29) is 17.1 Å². The number of benzene rings is 2. The Hall–Kier alpha value is -3.02. The number of aromatic hydroxyl groups is 1. The minimum atomic E-state index is -1.06. The van der Waals surface area contributed by atoms with Gasteiger partial charge in [-0.3, -0.25) is 0 Å². The summed E-state index contributed by atoms with van der Waals surface area (Å²) in [6.45, 7) is 0. The van der Waals surface area contributed by atoms with Crippen LogP contribution < -0.4 is 5.73 Å². The van der Waals surface area contributed by atoms with Crippen molar-refractivity contribution in [3.05, 3.63) is 60.2 Å². The van der Waals surface area contributed by atoms with Crippen molar-refractivity contribution in [2.24, 2.45) is 0 Å². The minimum Gasteiger partial charge on any atom is -0.504 e. The van der Waals surface area contributed by atoms with E-state index in [0.29, 0.717) is 11.6 Å². The van der Waals surface area contributed by atoms with Crippen molar-refractivity contribution in [2.45, 2.75) is 0 Å². The van der Waals surface area contributed by atoms with E-state index in [2.05, 4.69) is 10.2 Å². The van der Waals surface area contributed by atoms with Gasteiger partial charge >= 0.3 is 0 Å². The molecule has 3 aromatic rings. The van der Waals surface area contributed by atoms with Gasteiger partial charge in [0.25, 0.3) is 0 Å². The number of aromatic nitrogens is 2. The summed E-state index contributed by atoms with van der Waals surface area (Å²) >= 11 is 0. The molecule has 0 fully saturated rings. The number of rotatable bonds is 2. The highest BCUT2D eigenvalue weighted by atomic mass is 19.1. The fourth-order valence-corrected chi connectivity index (χ4v) is 2.14. The number of hydrogen-bond acceptors (Lipinski definition) is 4. The van der Waals surface area contributed by atoms with Crippen molar-refractivity contribution < 1.29 is 13.9 Å². The highest BCUT2D eigenvalue weighted by molar-refractivity contribution is 5.78. The predicted octanol–water partition coefficient (Wildman–Crippen LogP) is 3.38. The van der Waals surface area contributed by atoms with Crippen LogP contribution in [-0.4, -0.2) is 15.3 Å². The maximum Gasteiger partial charge on any atom is 0.168 e. The second-order valence-electron chi connectivity index (χ2n) is 4.68. The van der Waals surface area contributed by atoms with E-state index in [0.717, 1.165) is 11.6 Å². The normalized spacial score (nSPS) is 10.6. The zero-order valence-electron chi connectivity index (χ0n) is 11.3. The van der Waals surface area contributed by atoms with Gasteiger partial charge in [0, 0.05) is 17.2 Å². The first-order valence-corrected chi connectivity index (χ1v) is 6.43. The Balaban J connectivity index is 2.18. The van der Waals surface area contributed by atoms with E-state index in [1.54, 1.807) is 0 Å². The Morgan fingerprint density at radius 2 is 1.64 bits per heavy atom. The van der Waals surface area contributed by atoms with E-state index in [9.17, 15) is 13.9 Å². The molecule has 0 spiro atoms. The summed E-state index contributed by atoms with van der Waals surface area (Å²) in [5.74, 6) is -2.37. The molecule has 22 heavy (non-hydrogen) atoms. The lowest BCUT2D eigenvalue weighted by molar-refractivity contribution is 0.430. The lowest BCUT2D eigenvalue weighted by atomic mass is 10.0. The molecule has 4 nitrogen and oxygen atoms in total. The Labute approximate surface area is 124 Å². The molecule has 0 atom stereocenters. The quantitative estimate of drug-likeness (QED) is 0.761. The van der Waals surface area contributed by atoms with Gasteiger partial charge < -0.3 is 10.8 Å². The van der Waals surface area contributed by atoms with Crippen LogP contribution in [0.2, 0.25) is 0 Å². The van der Waals surface area contributed by atoms with Crippen molar-refractivity contribution in [1.29, 1.82) is 0 Å². The molecule has 0 aliphatic heterocycles. The zero-order valence-corrected chi connectivity index (χ0v) is 11.3. The summed E-state index contributed by atoms with van der Waals surface area (Å²) in [5.41, 5.74) is 7.21. The number of phenols is 1. The van der Waals surface area contributed by atoms with E-state index < -0.39 is 17.4 Å². The summed E-state index contributed by atoms with van der Waals surface area (Å²) in [6, 6.07) is 12.3. The van der Waals surface area contributed by atoms with Crippen molar-refractivity contribution in [2.75, 3.05) is 5.73 Å². The second kappa shape index (κ2) is 5.40. The fraction of sp³-hybridized carbons (Fsp3) is 0. The molecule has 0 bridgehead atoms. The monoisotopic (exact) mass is 299 g/mol. The van der Waals surface area contributed by atoms with Gasteiger partial charge in [0.15, 0.2) is 17.4 Å². The number of phenolic OH excluding ortho intramolecular Hbond substituents is 1. The molecule has 0 saturated heterocycles. The molecule has 1 aromatic heterocycles. The lowest BCUT2D eigenvalue weighted by Crippen LogP contribution is -1.99. The summed E-state index contributed by atoms with van der Waals surface area (Å²) in [6.07, 6.45) is 0. The van der Waals surface area contributed by atoms with E-state index in [4.69, 9.17) is 5.73 Å². The molecule has 0 unspecified atom stereocenters. The maximum absolute atomic E-state index is 13.5. The zero-order chi connectivity index (χ0) is 15.7. The van der Waals surface area contributed by atoms with Gasteiger partial charge in [-0.05, 0) is 17.7 Å². The van der Waals surface area contributed by atoms with E-state index >= 15 is 0 Å². The SMILES string of the molecule is Nc1nnc(-c2cc(F)cc(F)c2O)cc1-c1ccccc1. The first-order valence-electron chi connectivity index (χ1n) is 6.43. The Morgan fingerprint density at radius 3 is 2.36 bits per heavy atom. The molecule has 0 aliphatic rings. The average molecular weight is 299 g/mol. The molecule has 0 saturated carbocycles.